The standard InChI is InChI=1S/C11H14N2O/c1-8-3-2-4-9(7-8)10(12)5-6-11(13)14/h2-4,7,12H,5-6H2,1H3,(H2,13,14). The minimum atomic E-state index is -0.359. The molecule has 0 spiro atoms. The highest BCUT2D eigenvalue weighted by Gasteiger charge is 2.03. The zero-order chi connectivity index (χ0) is 10.6. The molecule has 0 radical (unpaired) electrons. The molecule has 74 valence electrons. The zero-order valence-corrected chi connectivity index (χ0v) is 8.21. The fraction of sp³-hybridized carbons (Fsp3) is 0.273. The lowest BCUT2D eigenvalue weighted by atomic mass is 10.0. The first kappa shape index (κ1) is 10.4. The quantitative estimate of drug-likeness (QED) is 0.696. The molecule has 3 N–H and O–H groups in total. The number of hydrogen-bond acceptors (Lipinski definition) is 2. The van der Waals surface area contributed by atoms with E-state index in [4.69, 9.17) is 11.1 Å². The van der Waals surface area contributed by atoms with Gasteiger partial charge in [-0.1, -0.05) is 29.8 Å². The van der Waals surface area contributed by atoms with Crippen molar-refractivity contribution >= 4 is 11.6 Å². The van der Waals surface area contributed by atoms with E-state index in [9.17, 15) is 4.79 Å². The third-order valence-corrected chi connectivity index (χ3v) is 1.99. The Morgan fingerprint density at radius 2 is 2.14 bits per heavy atom. The van der Waals surface area contributed by atoms with Crippen molar-refractivity contribution in [1.29, 1.82) is 5.41 Å². The van der Waals surface area contributed by atoms with Crippen molar-refractivity contribution < 1.29 is 4.79 Å². The van der Waals surface area contributed by atoms with E-state index >= 15 is 0 Å². The molecule has 0 saturated carbocycles. The number of nitrogens with one attached hydrogen (secondary N) is 1. The number of carbonyl (C=O) groups is 1. The van der Waals surface area contributed by atoms with E-state index in [1.807, 2.05) is 31.2 Å². The van der Waals surface area contributed by atoms with Gasteiger partial charge in [0.1, 0.15) is 0 Å². The van der Waals surface area contributed by atoms with E-state index < -0.39 is 0 Å². The van der Waals surface area contributed by atoms with Gasteiger partial charge in [-0.05, 0) is 18.9 Å². The van der Waals surface area contributed by atoms with E-state index in [1.54, 1.807) is 0 Å². The summed E-state index contributed by atoms with van der Waals surface area (Å²) < 4.78 is 0. The minimum Gasteiger partial charge on any atom is -0.370 e. The highest BCUT2D eigenvalue weighted by molar-refractivity contribution is 5.99. The number of hydrogen-bond donors (Lipinski definition) is 2. The van der Waals surface area contributed by atoms with Crippen molar-refractivity contribution in [2.24, 2.45) is 5.73 Å². The number of aryl methyl sites for hydroxylation is 1. The summed E-state index contributed by atoms with van der Waals surface area (Å²) in [7, 11) is 0. The molecule has 0 aliphatic rings. The van der Waals surface area contributed by atoms with Crippen LogP contribution >= 0.6 is 0 Å². The van der Waals surface area contributed by atoms with E-state index in [1.165, 1.54) is 0 Å². The van der Waals surface area contributed by atoms with Gasteiger partial charge in [-0.2, -0.15) is 0 Å². The molecule has 1 amide bonds. The van der Waals surface area contributed by atoms with Gasteiger partial charge in [0, 0.05) is 12.1 Å². The Kier molecular flexibility index (Phi) is 3.40. The lowest BCUT2D eigenvalue weighted by Crippen LogP contribution is -2.12. The maximum Gasteiger partial charge on any atom is 0.217 e. The number of amides is 1. The number of benzene rings is 1. The SMILES string of the molecule is Cc1cccc(C(=N)CCC(N)=O)c1. The van der Waals surface area contributed by atoms with Crippen LogP contribution in [0.25, 0.3) is 0 Å². The molecule has 0 fully saturated rings. The van der Waals surface area contributed by atoms with Crippen LogP contribution in [-0.4, -0.2) is 11.6 Å². The molecule has 1 aromatic rings. The number of carbonyl (C=O) groups excluding carboxylic acids is 1. The van der Waals surface area contributed by atoms with Crippen molar-refractivity contribution in [3.05, 3.63) is 35.4 Å². The molecule has 3 nitrogen and oxygen atoms in total. The minimum absolute atomic E-state index is 0.243. The summed E-state index contributed by atoms with van der Waals surface area (Å²) in [6, 6.07) is 7.69. The van der Waals surface area contributed by atoms with Crippen LogP contribution in [0.2, 0.25) is 0 Å². The summed E-state index contributed by atoms with van der Waals surface area (Å²) >= 11 is 0. The van der Waals surface area contributed by atoms with E-state index in [-0.39, 0.29) is 12.3 Å². The predicted molar refractivity (Wildman–Crippen MR) is 56.4 cm³/mol. The topological polar surface area (TPSA) is 66.9 Å². The Morgan fingerprint density at radius 1 is 1.43 bits per heavy atom. The fourth-order valence-corrected chi connectivity index (χ4v) is 1.23. The number of nitrogens with two attached hydrogens (primary N) is 1. The molecule has 3 heteroatoms. The molecule has 0 atom stereocenters. The van der Waals surface area contributed by atoms with E-state index in [0.717, 1.165) is 11.1 Å². The second-order valence-electron chi connectivity index (χ2n) is 3.31. The van der Waals surface area contributed by atoms with Gasteiger partial charge < -0.3 is 11.1 Å². The number of primary amides is 1. The van der Waals surface area contributed by atoms with Crippen LogP contribution in [0, 0.1) is 12.3 Å². The van der Waals surface area contributed by atoms with Crippen molar-refractivity contribution in [1.82, 2.24) is 0 Å². The first-order valence-electron chi connectivity index (χ1n) is 4.52. The summed E-state index contributed by atoms with van der Waals surface area (Å²) in [5.41, 5.74) is 7.46. The Morgan fingerprint density at radius 3 is 2.71 bits per heavy atom. The van der Waals surface area contributed by atoms with Crippen molar-refractivity contribution in [3.8, 4) is 0 Å². The van der Waals surface area contributed by atoms with Crippen LogP contribution in [0.5, 0.6) is 0 Å². The third kappa shape index (κ3) is 3.01. The van der Waals surface area contributed by atoms with Crippen molar-refractivity contribution in [2.45, 2.75) is 19.8 Å². The summed E-state index contributed by atoms with van der Waals surface area (Å²) in [5.74, 6) is -0.359. The van der Waals surface area contributed by atoms with E-state index in [0.29, 0.717) is 12.1 Å². The third-order valence-electron chi connectivity index (χ3n) is 1.99. The molecule has 0 aliphatic heterocycles. The normalized spacial score (nSPS) is 9.79. The monoisotopic (exact) mass is 190 g/mol. The summed E-state index contributed by atoms with van der Waals surface area (Å²) in [4.78, 5) is 10.5. The molecular weight excluding hydrogens is 176 g/mol. The maximum atomic E-state index is 10.5. The molecule has 14 heavy (non-hydrogen) atoms. The lowest BCUT2D eigenvalue weighted by Gasteiger charge is -2.03. The Bertz CT molecular complexity index is 358. The van der Waals surface area contributed by atoms with Gasteiger partial charge in [0.2, 0.25) is 5.91 Å². The molecule has 0 saturated heterocycles. The lowest BCUT2D eigenvalue weighted by molar-refractivity contribution is -0.117. The highest BCUT2D eigenvalue weighted by atomic mass is 16.1. The number of rotatable bonds is 4. The highest BCUT2D eigenvalue weighted by Crippen LogP contribution is 2.07. The van der Waals surface area contributed by atoms with Crippen LogP contribution in [0.4, 0.5) is 0 Å². The second-order valence-corrected chi connectivity index (χ2v) is 3.31. The van der Waals surface area contributed by atoms with Gasteiger partial charge >= 0.3 is 0 Å². The van der Waals surface area contributed by atoms with Crippen LogP contribution < -0.4 is 5.73 Å². The first-order valence-corrected chi connectivity index (χ1v) is 4.52. The van der Waals surface area contributed by atoms with Gasteiger partial charge in [-0.25, -0.2) is 0 Å². The maximum absolute atomic E-state index is 10.5. The average molecular weight is 190 g/mol. The zero-order valence-electron chi connectivity index (χ0n) is 8.21. The molecule has 1 rings (SSSR count). The Balaban J connectivity index is 2.65. The van der Waals surface area contributed by atoms with Gasteiger partial charge in [-0.15, -0.1) is 0 Å². The molecule has 0 unspecified atom stereocenters. The van der Waals surface area contributed by atoms with Crippen molar-refractivity contribution in [2.75, 3.05) is 0 Å². The van der Waals surface area contributed by atoms with Gasteiger partial charge in [0.25, 0.3) is 0 Å². The molecule has 0 aliphatic carbocycles. The van der Waals surface area contributed by atoms with E-state index in [2.05, 4.69) is 0 Å². The molecule has 0 heterocycles. The van der Waals surface area contributed by atoms with Gasteiger partial charge in [0.05, 0.1) is 0 Å². The fourth-order valence-electron chi connectivity index (χ4n) is 1.23. The molecule has 1 aromatic carbocycles. The van der Waals surface area contributed by atoms with Gasteiger partial charge in [0.15, 0.2) is 0 Å². The van der Waals surface area contributed by atoms with Crippen molar-refractivity contribution in [3.63, 3.8) is 0 Å². The first-order chi connectivity index (χ1) is 6.59. The van der Waals surface area contributed by atoms with Crippen LogP contribution in [0.1, 0.15) is 24.0 Å². The van der Waals surface area contributed by atoms with Crippen LogP contribution in [-0.2, 0) is 4.79 Å². The second kappa shape index (κ2) is 4.56. The van der Waals surface area contributed by atoms with Crippen LogP contribution in [0.15, 0.2) is 24.3 Å². The molecule has 0 bridgehead atoms. The summed E-state index contributed by atoms with van der Waals surface area (Å²) in [6.45, 7) is 1.98. The Hall–Kier alpha value is -1.64. The smallest absolute Gasteiger partial charge is 0.217 e. The summed E-state index contributed by atoms with van der Waals surface area (Å²) in [6.07, 6.45) is 0.658. The van der Waals surface area contributed by atoms with Gasteiger partial charge in [-0.3, -0.25) is 4.79 Å². The largest absolute Gasteiger partial charge is 0.370 e. The van der Waals surface area contributed by atoms with Crippen LogP contribution in [0.3, 0.4) is 0 Å². The predicted octanol–water partition coefficient (Wildman–Crippen LogP) is 1.63. The molecular formula is C11H14N2O. The molecule has 0 aromatic heterocycles. The average Bonchev–Trinajstić information content (AvgIpc) is 2.14. The Labute approximate surface area is 83.4 Å². The summed E-state index contributed by atoms with van der Waals surface area (Å²) in [5, 5.41) is 7.71.